The van der Waals surface area contributed by atoms with Gasteiger partial charge in [0.05, 0.1) is 0 Å². The second-order valence-corrected chi connectivity index (χ2v) is 6.36. The number of hydrogen-bond acceptors (Lipinski definition) is 1. The van der Waals surface area contributed by atoms with Crippen LogP contribution in [-0.4, -0.2) is 23.4 Å². The molecule has 0 atom stereocenters. The molecule has 0 heterocycles. The SMILES string of the molecule is CC(C)CN(C(=O)c1ccc(C(C)C)cc1)C1CC1. The Morgan fingerprint density at radius 2 is 1.74 bits per heavy atom. The zero-order valence-corrected chi connectivity index (χ0v) is 12.5. The van der Waals surface area contributed by atoms with E-state index in [2.05, 4.69) is 44.7 Å². The normalized spacial score (nSPS) is 15.1. The summed E-state index contributed by atoms with van der Waals surface area (Å²) in [5.74, 6) is 1.24. The van der Waals surface area contributed by atoms with Gasteiger partial charge in [-0.3, -0.25) is 4.79 Å². The quantitative estimate of drug-likeness (QED) is 0.780. The first-order chi connectivity index (χ1) is 8.99. The molecule has 0 N–H and O–H groups in total. The molecule has 2 rings (SSSR count). The third kappa shape index (κ3) is 3.59. The average molecular weight is 259 g/mol. The Hall–Kier alpha value is -1.31. The van der Waals surface area contributed by atoms with Gasteiger partial charge in [-0.2, -0.15) is 0 Å². The third-order valence-corrected chi connectivity index (χ3v) is 3.63. The summed E-state index contributed by atoms with van der Waals surface area (Å²) in [7, 11) is 0. The monoisotopic (exact) mass is 259 g/mol. The summed E-state index contributed by atoms with van der Waals surface area (Å²) < 4.78 is 0. The molecule has 0 aromatic heterocycles. The van der Waals surface area contributed by atoms with Crippen molar-refractivity contribution in [3.05, 3.63) is 35.4 Å². The summed E-state index contributed by atoms with van der Waals surface area (Å²) in [5.41, 5.74) is 2.12. The number of rotatable bonds is 5. The van der Waals surface area contributed by atoms with Crippen molar-refractivity contribution in [3.63, 3.8) is 0 Å². The molecule has 1 aromatic carbocycles. The molecular weight excluding hydrogens is 234 g/mol. The molecule has 1 aliphatic rings. The van der Waals surface area contributed by atoms with Crippen molar-refractivity contribution in [1.82, 2.24) is 4.90 Å². The van der Waals surface area contributed by atoms with E-state index in [1.165, 1.54) is 18.4 Å². The first kappa shape index (κ1) is 14.1. The molecule has 104 valence electrons. The van der Waals surface area contributed by atoms with E-state index in [0.717, 1.165) is 12.1 Å². The van der Waals surface area contributed by atoms with Crippen molar-refractivity contribution in [1.29, 1.82) is 0 Å². The summed E-state index contributed by atoms with van der Waals surface area (Å²) in [6.45, 7) is 9.56. The van der Waals surface area contributed by atoms with Gasteiger partial charge in [-0.15, -0.1) is 0 Å². The minimum absolute atomic E-state index is 0.200. The zero-order chi connectivity index (χ0) is 14.0. The smallest absolute Gasteiger partial charge is 0.254 e. The lowest BCUT2D eigenvalue weighted by molar-refractivity contribution is 0.0722. The van der Waals surface area contributed by atoms with Gasteiger partial charge in [0, 0.05) is 18.2 Å². The minimum atomic E-state index is 0.200. The van der Waals surface area contributed by atoms with Gasteiger partial charge < -0.3 is 4.90 Å². The van der Waals surface area contributed by atoms with E-state index >= 15 is 0 Å². The molecule has 0 aliphatic heterocycles. The first-order valence-corrected chi connectivity index (χ1v) is 7.40. The van der Waals surface area contributed by atoms with Gasteiger partial charge in [0.25, 0.3) is 5.91 Å². The van der Waals surface area contributed by atoms with Crippen LogP contribution in [-0.2, 0) is 0 Å². The maximum atomic E-state index is 12.6. The standard InChI is InChI=1S/C17H25NO/c1-12(2)11-18(16-9-10-16)17(19)15-7-5-14(6-8-15)13(3)4/h5-8,12-13,16H,9-11H2,1-4H3. The van der Waals surface area contributed by atoms with Crippen LogP contribution >= 0.6 is 0 Å². The minimum Gasteiger partial charge on any atom is -0.335 e. The molecule has 1 aromatic rings. The van der Waals surface area contributed by atoms with E-state index in [1.54, 1.807) is 0 Å². The van der Waals surface area contributed by atoms with Gasteiger partial charge in [0.2, 0.25) is 0 Å². The number of carbonyl (C=O) groups is 1. The molecule has 0 saturated heterocycles. The molecule has 0 unspecified atom stereocenters. The molecule has 0 spiro atoms. The zero-order valence-electron chi connectivity index (χ0n) is 12.5. The predicted octanol–water partition coefficient (Wildman–Crippen LogP) is 4.07. The van der Waals surface area contributed by atoms with Crippen LogP contribution in [0.5, 0.6) is 0 Å². The van der Waals surface area contributed by atoms with Crippen LogP contribution in [0.25, 0.3) is 0 Å². The second-order valence-electron chi connectivity index (χ2n) is 6.36. The molecule has 0 radical (unpaired) electrons. The molecule has 19 heavy (non-hydrogen) atoms. The van der Waals surface area contributed by atoms with Crippen LogP contribution in [0.2, 0.25) is 0 Å². The number of hydrogen-bond donors (Lipinski definition) is 0. The van der Waals surface area contributed by atoms with Crippen molar-refractivity contribution >= 4 is 5.91 Å². The van der Waals surface area contributed by atoms with Crippen molar-refractivity contribution in [2.24, 2.45) is 5.92 Å². The lowest BCUT2D eigenvalue weighted by Gasteiger charge is -2.24. The van der Waals surface area contributed by atoms with Crippen LogP contribution in [0, 0.1) is 5.92 Å². The Balaban J connectivity index is 2.12. The van der Waals surface area contributed by atoms with Gasteiger partial charge in [-0.1, -0.05) is 39.8 Å². The fourth-order valence-electron chi connectivity index (χ4n) is 2.35. The number of amides is 1. The highest BCUT2D eigenvalue weighted by atomic mass is 16.2. The highest BCUT2D eigenvalue weighted by Gasteiger charge is 2.33. The summed E-state index contributed by atoms with van der Waals surface area (Å²) in [4.78, 5) is 14.6. The molecule has 2 nitrogen and oxygen atoms in total. The molecule has 1 saturated carbocycles. The Morgan fingerprint density at radius 1 is 1.16 bits per heavy atom. The van der Waals surface area contributed by atoms with E-state index in [4.69, 9.17) is 0 Å². The highest BCUT2D eigenvalue weighted by molar-refractivity contribution is 5.94. The van der Waals surface area contributed by atoms with Crippen molar-refractivity contribution < 1.29 is 4.79 Å². The van der Waals surface area contributed by atoms with Crippen LogP contribution < -0.4 is 0 Å². The van der Waals surface area contributed by atoms with Crippen molar-refractivity contribution in [2.45, 2.75) is 52.5 Å². The Bertz CT molecular complexity index is 429. The fourth-order valence-corrected chi connectivity index (χ4v) is 2.35. The summed E-state index contributed by atoms with van der Waals surface area (Å²) in [5, 5.41) is 0. The maximum absolute atomic E-state index is 12.6. The molecule has 2 heteroatoms. The number of benzene rings is 1. The molecule has 1 fully saturated rings. The van der Waals surface area contributed by atoms with E-state index < -0.39 is 0 Å². The van der Waals surface area contributed by atoms with Gasteiger partial charge in [0.15, 0.2) is 0 Å². The number of carbonyl (C=O) groups excluding carboxylic acids is 1. The van der Waals surface area contributed by atoms with Crippen LogP contribution in [0.15, 0.2) is 24.3 Å². The van der Waals surface area contributed by atoms with Gasteiger partial charge >= 0.3 is 0 Å². The predicted molar refractivity (Wildman–Crippen MR) is 79.4 cm³/mol. The summed E-state index contributed by atoms with van der Waals surface area (Å²) >= 11 is 0. The lowest BCUT2D eigenvalue weighted by atomic mass is 10.0. The van der Waals surface area contributed by atoms with Crippen LogP contribution in [0.3, 0.4) is 0 Å². The Labute approximate surface area is 116 Å². The van der Waals surface area contributed by atoms with Crippen molar-refractivity contribution in [2.75, 3.05) is 6.54 Å². The Kier molecular flexibility index (Phi) is 4.28. The highest BCUT2D eigenvalue weighted by Crippen LogP contribution is 2.29. The number of nitrogens with zero attached hydrogens (tertiary/aromatic N) is 1. The summed E-state index contributed by atoms with van der Waals surface area (Å²) in [6.07, 6.45) is 2.34. The topological polar surface area (TPSA) is 20.3 Å². The maximum Gasteiger partial charge on any atom is 0.254 e. The first-order valence-electron chi connectivity index (χ1n) is 7.40. The fraction of sp³-hybridized carbons (Fsp3) is 0.588. The summed E-state index contributed by atoms with van der Waals surface area (Å²) in [6, 6.07) is 8.61. The van der Waals surface area contributed by atoms with Gasteiger partial charge in [0.1, 0.15) is 0 Å². The lowest BCUT2D eigenvalue weighted by Crippen LogP contribution is -2.36. The molecule has 0 bridgehead atoms. The van der Waals surface area contributed by atoms with E-state index in [1.807, 2.05) is 12.1 Å². The van der Waals surface area contributed by atoms with Crippen LogP contribution in [0.4, 0.5) is 0 Å². The third-order valence-electron chi connectivity index (χ3n) is 3.63. The van der Waals surface area contributed by atoms with Crippen molar-refractivity contribution in [3.8, 4) is 0 Å². The van der Waals surface area contributed by atoms with Gasteiger partial charge in [-0.05, 0) is 42.4 Å². The molecule has 1 aliphatic carbocycles. The second kappa shape index (κ2) is 5.77. The van der Waals surface area contributed by atoms with E-state index in [0.29, 0.717) is 17.9 Å². The molecule has 1 amide bonds. The molecular formula is C17H25NO. The average Bonchev–Trinajstić information content (AvgIpc) is 3.19. The van der Waals surface area contributed by atoms with E-state index in [-0.39, 0.29) is 5.91 Å². The largest absolute Gasteiger partial charge is 0.335 e. The van der Waals surface area contributed by atoms with Crippen LogP contribution in [0.1, 0.15) is 62.4 Å². The van der Waals surface area contributed by atoms with Gasteiger partial charge in [-0.25, -0.2) is 0 Å². The Morgan fingerprint density at radius 3 is 2.16 bits per heavy atom. The van der Waals surface area contributed by atoms with E-state index in [9.17, 15) is 4.79 Å².